The minimum Gasteiger partial charge on any atom is -0.481 e. The van der Waals surface area contributed by atoms with Crippen LogP contribution in [0.4, 0.5) is 0 Å². The van der Waals surface area contributed by atoms with Crippen LogP contribution >= 0.6 is 0 Å². The first-order chi connectivity index (χ1) is 6.97. The van der Waals surface area contributed by atoms with E-state index in [4.69, 9.17) is 4.74 Å². The molecule has 1 aromatic heterocycles. The van der Waals surface area contributed by atoms with E-state index in [1.165, 1.54) is 0 Å². The molecule has 0 atom stereocenters. The van der Waals surface area contributed by atoms with Gasteiger partial charge in [0, 0.05) is 17.9 Å². The smallest absolute Gasteiger partial charge is 0.216 e. The average molecular weight is 208 g/mol. The van der Waals surface area contributed by atoms with Crippen LogP contribution in [0, 0.1) is 0 Å². The van der Waals surface area contributed by atoms with Gasteiger partial charge in [0.05, 0.1) is 12.8 Å². The Kier molecular flexibility index (Phi) is 3.39. The Morgan fingerprint density at radius 2 is 2.07 bits per heavy atom. The first kappa shape index (κ1) is 11.6. The Labute approximate surface area is 89.7 Å². The van der Waals surface area contributed by atoms with Gasteiger partial charge < -0.3 is 9.53 Å². The van der Waals surface area contributed by atoms with Gasteiger partial charge in [-0.15, -0.1) is 0 Å². The zero-order valence-electron chi connectivity index (χ0n) is 9.57. The van der Waals surface area contributed by atoms with Crippen LogP contribution in [-0.2, 0) is 16.6 Å². The summed E-state index contributed by atoms with van der Waals surface area (Å²) in [6.45, 7) is 6.06. The first-order valence-corrected chi connectivity index (χ1v) is 4.83. The fourth-order valence-corrected chi connectivity index (χ4v) is 1.10. The highest BCUT2D eigenvalue weighted by Gasteiger charge is 2.19. The van der Waals surface area contributed by atoms with Crippen molar-refractivity contribution in [3.8, 4) is 5.88 Å². The third-order valence-corrected chi connectivity index (χ3v) is 1.93. The van der Waals surface area contributed by atoms with Crippen LogP contribution in [0.2, 0.25) is 0 Å². The van der Waals surface area contributed by atoms with Crippen molar-refractivity contribution < 1.29 is 9.53 Å². The van der Waals surface area contributed by atoms with Crippen molar-refractivity contribution in [1.82, 2.24) is 9.97 Å². The van der Waals surface area contributed by atoms with E-state index < -0.39 is 0 Å². The SMILES string of the molecule is COc1cc(CC=O)nc(C(C)(C)C)n1. The van der Waals surface area contributed by atoms with Gasteiger partial charge in [-0.05, 0) is 0 Å². The molecule has 0 aliphatic heterocycles. The van der Waals surface area contributed by atoms with E-state index in [0.29, 0.717) is 23.8 Å². The molecule has 0 amide bonds. The summed E-state index contributed by atoms with van der Waals surface area (Å²) in [5.41, 5.74) is 0.549. The number of methoxy groups -OCH3 is 1. The summed E-state index contributed by atoms with van der Waals surface area (Å²) in [5, 5.41) is 0. The molecule has 0 radical (unpaired) electrons. The lowest BCUT2D eigenvalue weighted by molar-refractivity contribution is -0.107. The van der Waals surface area contributed by atoms with Gasteiger partial charge in [0.2, 0.25) is 5.88 Å². The van der Waals surface area contributed by atoms with Gasteiger partial charge in [-0.3, -0.25) is 0 Å². The number of carbonyl (C=O) groups excluding carboxylic acids is 1. The molecule has 1 rings (SSSR count). The van der Waals surface area contributed by atoms with Gasteiger partial charge in [0.1, 0.15) is 12.1 Å². The molecule has 0 spiro atoms. The lowest BCUT2D eigenvalue weighted by Crippen LogP contribution is -2.17. The molecule has 15 heavy (non-hydrogen) atoms. The Morgan fingerprint density at radius 3 is 2.53 bits per heavy atom. The predicted octanol–water partition coefficient (Wildman–Crippen LogP) is 1.52. The van der Waals surface area contributed by atoms with Crippen LogP contribution in [0.25, 0.3) is 0 Å². The highest BCUT2D eigenvalue weighted by Crippen LogP contribution is 2.21. The molecule has 0 aliphatic rings. The van der Waals surface area contributed by atoms with Crippen molar-refractivity contribution in [2.75, 3.05) is 7.11 Å². The minimum absolute atomic E-state index is 0.147. The second-order valence-corrected chi connectivity index (χ2v) is 4.35. The maximum absolute atomic E-state index is 10.4. The summed E-state index contributed by atoms with van der Waals surface area (Å²) in [5.74, 6) is 1.20. The Morgan fingerprint density at radius 1 is 1.40 bits per heavy atom. The summed E-state index contributed by atoms with van der Waals surface area (Å²) < 4.78 is 5.07. The number of carbonyl (C=O) groups is 1. The molecule has 1 aromatic rings. The highest BCUT2D eigenvalue weighted by molar-refractivity contribution is 5.53. The van der Waals surface area contributed by atoms with Gasteiger partial charge in [-0.2, -0.15) is 4.98 Å². The van der Waals surface area contributed by atoms with Crippen molar-refractivity contribution in [2.45, 2.75) is 32.6 Å². The molecule has 0 N–H and O–H groups in total. The third-order valence-electron chi connectivity index (χ3n) is 1.93. The summed E-state index contributed by atoms with van der Waals surface area (Å²) in [4.78, 5) is 19.0. The number of aromatic nitrogens is 2. The highest BCUT2D eigenvalue weighted by atomic mass is 16.5. The van der Waals surface area contributed by atoms with Crippen LogP contribution < -0.4 is 4.74 Å². The summed E-state index contributed by atoms with van der Waals surface area (Å²) in [7, 11) is 1.56. The van der Waals surface area contributed by atoms with Crippen molar-refractivity contribution in [1.29, 1.82) is 0 Å². The molecule has 0 fully saturated rings. The standard InChI is InChI=1S/C11H16N2O2/c1-11(2,3)10-12-8(5-6-14)7-9(13-10)15-4/h6-7H,5H2,1-4H3. The van der Waals surface area contributed by atoms with E-state index in [2.05, 4.69) is 9.97 Å². The quantitative estimate of drug-likeness (QED) is 0.707. The average Bonchev–Trinajstić information content (AvgIpc) is 2.16. The Balaban J connectivity index is 3.17. The molecule has 0 aromatic carbocycles. The second kappa shape index (κ2) is 4.38. The van der Waals surface area contributed by atoms with E-state index >= 15 is 0 Å². The third kappa shape index (κ3) is 3.01. The molecule has 4 heteroatoms. The fraction of sp³-hybridized carbons (Fsp3) is 0.545. The van der Waals surface area contributed by atoms with Gasteiger partial charge >= 0.3 is 0 Å². The van der Waals surface area contributed by atoms with E-state index in [1.54, 1.807) is 13.2 Å². The molecule has 1 heterocycles. The van der Waals surface area contributed by atoms with E-state index in [-0.39, 0.29) is 5.41 Å². The molecule has 4 nitrogen and oxygen atoms in total. The van der Waals surface area contributed by atoms with E-state index in [0.717, 1.165) is 6.29 Å². The summed E-state index contributed by atoms with van der Waals surface area (Å²) in [6, 6.07) is 1.68. The number of hydrogen-bond acceptors (Lipinski definition) is 4. The molecule has 0 saturated carbocycles. The topological polar surface area (TPSA) is 52.1 Å². The van der Waals surface area contributed by atoms with Gasteiger partial charge in [-0.25, -0.2) is 4.98 Å². The molecular weight excluding hydrogens is 192 g/mol. The Hall–Kier alpha value is -1.45. The second-order valence-electron chi connectivity index (χ2n) is 4.35. The number of rotatable bonds is 3. The maximum Gasteiger partial charge on any atom is 0.216 e. The number of aldehydes is 1. The van der Waals surface area contributed by atoms with Crippen molar-refractivity contribution in [3.63, 3.8) is 0 Å². The lowest BCUT2D eigenvalue weighted by atomic mass is 9.95. The molecular formula is C11H16N2O2. The molecule has 0 unspecified atom stereocenters. The molecule has 0 bridgehead atoms. The number of nitrogens with zero attached hydrogens (tertiary/aromatic N) is 2. The maximum atomic E-state index is 10.4. The largest absolute Gasteiger partial charge is 0.481 e. The fourth-order valence-electron chi connectivity index (χ4n) is 1.10. The zero-order valence-corrected chi connectivity index (χ0v) is 9.57. The van der Waals surface area contributed by atoms with Crippen LogP contribution in [0.5, 0.6) is 5.88 Å². The number of ether oxygens (including phenoxy) is 1. The predicted molar refractivity (Wildman–Crippen MR) is 57.1 cm³/mol. The van der Waals surface area contributed by atoms with Crippen molar-refractivity contribution >= 4 is 6.29 Å². The first-order valence-electron chi connectivity index (χ1n) is 4.83. The van der Waals surface area contributed by atoms with Crippen molar-refractivity contribution in [3.05, 3.63) is 17.6 Å². The van der Waals surface area contributed by atoms with Crippen LogP contribution in [0.1, 0.15) is 32.3 Å². The Bertz CT molecular complexity index is 356. The van der Waals surface area contributed by atoms with Gasteiger partial charge in [-0.1, -0.05) is 20.8 Å². The van der Waals surface area contributed by atoms with Crippen LogP contribution in [-0.4, -0.2) is 23.4 Å². The monoisotopic (exact) mass is 208 g/mol. The number of hydrogen-bond donors (Lipinski definition) is 0. The van der Waals surface area contributed by atoms with Gasteiger partial charge in [0.15, 0.2) is 0 Å². The van der Waals surface area contributed by atoms with Crippen LogP contribution in [0.15, 0.2) is 6.07 Å². The van der Waals surface area contributed by atoms with Gasteiger partial charge in [0.25, 0.3) is 0 Å². The van der Waals surface area contributed by atoms with E-state index in [9.17, 15) is 4.79 Å². The summed E-state index contributed by atoms with van der Waals surface area (Å²) in [6.07, 6.45) is 1.12. The normalized spacial score (nSPS) is 11.2. The minimum atomic E-state index is -0.147. The molecule has 0 aliphatic carbocycles. The van der Waals surface area contributed by atoms with E-state index in [1.807, 2.05) is 20.8 Å². The summed E-state index contributed by atoms with van der Waals surface area (Å²) >= 11 is 0. The van der Waals surface area contributed by atoms with Crippen molar-refractivity contribution in [2.24, 2.45) is 0 Å². The lowest BCUT2D eigenvalue weighted by Gasteiger charge is -2.17. The van der Waals surface area contributed by atoms with Crippen LogP contribution in [0.3, 0.4) is 0 Å². The molecule has 82 valence electrons. The zero-order chi connectivity index (χ0) is 11.5. The molecule has 0 saturated heterocycles.